The van der Waals surface area contributed by atoms with E-state index >= 15 is 0 Å². The van der Waals surface area contributed by atoms with E-state index in [1.807, 2.05) is 0 Å². The molecule has 66 valence electrons. The largest absolute Gasteiger partial charge is 0.480 e. The van der Waals surface area contributed by atoms with E-state index in [4.69, 9.17) is 10.8 Å². The summed E-state index contributed by atoms with van der Waals surface area (Å²) in [5.74, 6) is -1.86. The van der Waals surface area contributed by atoms with E-state index in [9.17, 15) is 13.2 Å². The zero-order valence-corrected chi connectivity index (χ0v) is 7.18. The Kier molecular flexibility index (Phi) is 2.63. The molecule has 11 heavy (non-hydrogen) atoms. The first-order valence-electron chi connectivity index (χ1n) is 2.85. The van der Waals surface area contributed by atoms with Crippen molar-refractivity contribution in [1.82, 2.24) is 0 Å². The minimum atomic E-state index is -3.33. The quantitative estimate of drug-likeness (QED) is 0.572. The highest BCUT2D eigenvalue weighted by Crippen LogP contribution is 2.02. The number of aliphatic carboxylic acids is 1. The van der Waals surface area contributed by atoms with E-state index in [0.29, 0.717) is 0 Å². The van der Waals surface area contributed by atoms with Crippen molar-refractivity contribution in [3.8, 4) is 0 Å². The third kappa shape index (κ3) is 3.94. The van der Waals surface area contributed by atoms with Crippen LogP contribution in [-0.2, 0) is 14.6 Å². The lowest BCUT2D eigenvalue weighted by molar-refractivity contribution is -0.141. The van der Waals surface area contributed by atoms with Gasteiger partial charge >= 0.3 is 5.97 Å². The fourth-order valence-electron chi connectivity index (χ4n) is 0.606. The minimum absolute atomic E-state index is 0.546. The molecular weight excluding hydrogens is 170 g/mol. The van der Waals surface area contributed by atoms with Crippen LogP contribution in [0.2, 0.25) is 0 Å². The first kappa shape index (κ1) is 10.4. The molecule has 0 saturated heterocycles. The van der Waals surface area contributed by atoms with E-state index in [0.717, 1.165) is 13.2 Å². The van der Waals surface area contributed by atoms with Crippen molar-refractivity contribution in [1.29, 1.82) is 0 Å². The molecule has 0 aliphatic rings. The highest BCUT2D eigenvalue weighted by Gasteiger charge is 2.31. The van der Waals surface area contributed by atoms with Crippen molar-refractivity contribution in [2.24, 2.45) is 5.73 Å². The molecule has 0 fully saturated rings. The van der Waals surface area contributed by atoms with Crippen LogP contribution < -0.4 is 5.73 Å². The highest BCUT2D eigenvalue weighted by molar-refractivity contribution is 7.90. The van der Waals surface area contributed by atoms with Crippen LogP contribution in [0.4, 0.5) is 0 Å². The van der Waals surface area contributed by atoms with Crippen molar-refractivity contribution >= 4 is 15.8 Å². The summed E-state index contributed by atoms with van der Waals surface area (Å²) in [5, 5.41) is 8.42. The summed E-state index contributed by atoms with van der Waals surface area (Å²) in [7, 11) is -3.33. The zero-order chi connectivity index (χ0) is 9.28. The maximum absolute atomic E-state index is 10.6. The summed E-state index contributed by atoms with van der Waals surface area (Å²) < 4.78 is 21.2. The third-order valence-electron chi connectivity index (χ3n) is 1.05. The predicted octanol–water partition coefficient (Wildman–Crippen LogP) is -1.17. The molecule has 0 spiro atoms. The lowest BCUT2D eigenvalue weighted by Gasteiger charge is -2.16. The van der Waals surface area contributed by atoms with Gasteiger partial charge in [0.15, 0.2) is 0 Å². The van der Waals surface area contributed by atoms with Crippen LogP contribution in [0, 0.1) is 0 Å². The maximum atomic E-state index is 10.6. The number of carboxylic acids is 1. The molecule has 0 rings (SSSR count). The van der Waals surface area contributed by atoms with Gasteiger partial charge in [0.2, 0.25) is 0 Å². The molecule has 0 amide bonds. The topological polar surface area (TPSA) is 97.5 Å². The van der Waals surface area contributed by atoms with Crippen molar-refractivity contribution in [3.63, 3.8) is 0 Å². The van der Waals surface area contributed by atoms with Gasteiger partial charge in [-0.25, -0.2) is 8.42 Å². The summed E-state index contributed by atoms with van der Waals surface area (Å²) in [4.78, 5) is 10.3. The average Bonchev–Trinajstić information content (AvgIpc) is 1.56. The Hall–Kier alpha value is -0.620. The van der Waals surface area contributed by atoms with E-state index in [1.165, 1.54) is 0 Å². The van der Waals surface area contributed by atoms with E-state index in [1.54, 1.807) is 0 Å². The van der Waals surface area contributed by atoms with Crippen LogP contribution in [0.15, 0.2) is 0 Å². The molecule has 5 nitrogen and oxygen atoms in total. The lowest BCUT2D eigenvalue weighted by atomic mass is 10.1. The van der Waals surface area contributed by atoms with Gasteiger partial charge in [-0.15, -0.1) is 0 Å². The number of hydrogen-bond donors (Lipinski definition) is 2. The second-order valence-electron chi connectivity index (χ2n) is 2.79. The average molecular weight is 181 g/mol. The zero-order valence-electron chi connectivity index (χ0n) is 6.36. The number of carboxylic acid groups (broad SMARTS) is 1. The third-order valence-corrected chi connectivity index (χ3v) is 2.17. The number of nitrogens with two attached hydrogens (primary N) is 1. The molecule has 0 saturated carbocycles. The Labute approximate surface area is 65.1 Å². The molecule has 0 aromatic carbocycles. The highest BCUT2D eigenvalue weighted by atomic mass is 32.2. The van der Waals surface area contributed by atoms with Crippen LogP contribution in [-0.4, -0.2) is 37.0 Å². The molecule has 0 aliphatic carbocycles. The van der Waals surface area contributed by atoms with Crippen LogP contribution in [0.5, 0.6) is 0 Å². The van der Waals surface area contributed by atoms with Gasteiger partial charge in [0.25, 0.3) is 0 Å². The molecule has 0 radical (unpaired) electrons. The first-order chi connectivity index (χ1) is 4.65. The van der Waals surface area contributed by atoms with Crippen molar-refractivity contribution < 1.29 is 18.3 Å². The molecule has 0 aromatic heterocycles. The number of hydrogen-bond acceptors (Lipinski definition) is 4. The second-order valence-corrected chi connectivity index (χ2v) is 4.93. The number of sulfone groups is 1. The Balaban J connectivity index is 4.51. The standard InChI is InChI=1S/C5H11NO4S/c1-5(6,4(7)8)3-11(2,9)10/h3,6H2,1-2H3,(H,7,8). The minimum Gasteiger partial charge on any atom is -0.480 e. The van der Waals surface area contributed by atoms with Gasteiger partial charge in [0.1, 0.15) is 15.4 Å². The Morgan fingerprint density at radius 1 is 1.64 bits per heavy atom. The van der Waals surface area contributed by atoms with Crippen LogP contribution in [0.3, 0.4) is 0 Å². The van der Waals surface area contributed by atoms with E-state index < -0.39 is 27.1 Å². The molecule has 3 N–H and O–H groups in total. The first-order valence-corrected chi connectivity index (χ1v) is 4.91. The maximum Gasteiger partial charge on any atom is 0.324 e. The molecule has 0 heterocycles. The molecule has 6 heteroatoms. The number of rotatable bonds is 3. The van der Waals surface area contributed by atoms with Gasteiger partial charge in [0.05, 0.1) is 5.75 Å². The van der Waals surface area contributed by atoms with Gasteiger partial charge in [0, 0.05) is 6.26 Å². The molecule has 0 bridgehead atoms. The van der Waals surface area contributed by atoms with Gasteiger partial charge < -0.3 is 10.8 Å². The summed E-state index contributed by atoms with van der Waals surface area (Å²) in [6, 6.07) is 0. The summed E-state index contributed by atoms with van der Waals surface area (Å²) >= 11 is 0. The van der Waals surface area contributed by atoms with Gasteiger partial charge in [-0.05, 0) is 6.92 Å². The monoisotopic (exact) mass is 181 g/mol. The Bertz CT molecular complexity index is 254. The second kappa shape index (κ2) is 2.78. The van der Waals surface area contributed by atoms with Gasteiger partial charge in [-0.3, -0.25) is 4.79 Å². The van der Waals surface area contributed by atoms with Crippen LogP contribution >= 0.6 is 0 Å². The van der Waals surface area contributed by atoms with E-state index in [2.05, 4.69) is 0 Å². The molecule has 0 aromatic rings. The predicted molar refractivity (Wildman–Crippen MR) is 39.9 cm³/mol. The normalized spacial score (nSPS) is 17.4. The Morgan fingerprint density at radius 3 is 2.09 bits per heavy atom. The molecular formula is C5H11NO4S. The summed E-state index contributed by atoms with van der Waals surface area (Å²) in [6.45, 7) is 1.16. The summed E-state index contributed by atoms with van der Waals surface area (Å²) in [6.07, 6.45) is 0.945. The Morgan fingerprint density at radius 2 is 2.00 bits per heavy atom. The fraction of sp³-hybridized carbons (Fsp3) is 0.800. The molecule has 1 atom stereocenters. The van der Waals surface area contributed by atoms with Crippen molar-refractivity contribution in [2.45, 2.75) is 12.5 Å². The fourth-order valence-corrected chi connectivity index (χ4v) is 1.82. The number of carbonyl (C=O) groups is 1. The lowest BCUT2D eigenvalue weighted by Crippen LogP contribution is -2.50. The van der Waals surface area contributed by atoms with Crippen molar-refractivity contribution in [3.05, 3.63) is 0 Å². The molecule has 0 aliphatic heterocycles. The SMILES string of the molecule is CC(N)(CS(C)(=O)=O)C(=O)O. The van der Waals surface area contributed by atoms with Crippen LogP contribution in [0.25, 0.3) is 0 Å². The van der Waals surface area contributed by atoms with Gasteiger partial charge in [-0.1, -0.05) is 0 Å². The molecule has 1 unspecified atom stereocenters. The van der Waals surface area contributed by atoms with Gasteiger partial charge in [-0.2, -0.15) is 0 Å². The van der Waals surface area contributed by atoms with E-state index in [-0.39, 0.29) is 0 Å². The smallest absolute Gasteiger partial charge is 0.324 e. The van der Waals surface area contributed by atoms with Crippen molar-refractivity contribution in [2.75, 3.05) is 12.0 Å². The summed E-state index contributed by atoms with van der Waals surface area (Å²) in [5.41, 5.74) is 3.48. The van der Waals surface area contributed by atoms with Crippen LogP contribution in [0.1, 0.15) is 6.92 Å².